The number of hydrogen-bond donors (Lipinski definition) is 1. The highest BCUT2D eigenvalue weighted by molar-refractivity contribution is 9.10. The van der Waals surface area contributed by atoms with Crippen LogP contribution < -0.4 is 15.2 Å². The summed E-state index contributed by atoms with van der Waals surface area (Å²) in [6.07, 6.45) is 2.83. The van der Waals surface area contributed by atoms with E-state index >= 15 is 0 Å². The monoisotopic (exact) mass is 398 g/mol. The standard InChI is InChI=1S/C17H23BrN2O4/c18-14-10-12(11-15-16(14)24-9-8-23-15)17(21)20-5-2-13(3-6-20)22-7-1-4-19/h10-11,13H,1-9,19H2. The first-order valence-corrected chi connectivity index (χ1v) is 9.18. The lowest BCUT2D eigenvalue weighted by atomic mass is 10.1. The number of hydrogen-bond acceptors (Lipinski definition) is 5. The Hall–Kier alpha value is -1.31. The van der Waals surface area contributed by atoms with E-state index in [0.717, 1.165) is 23.7 Å². The smallest absolute Gasteiger partial charge is 0.254 e. The van der Waals surface area contributed by atoms with Crippen LogP contribution in [0.5, 0.6) is 11.5 Å². The van der Waals surface area contributed by atoms with Crippen molar-refractivity contribution >= 4 is 21.8 Å². The predicted octanol–water partition coefficient (Wildman–Crippen LogP) is 2.19. The molecule has 24 heavy (non-hydrogen) atoms. The van der Waals surface area contributed by atoms with Gasteiger partial charge < -0.3 is 24.8 Å². The van der Waals surface area contributed by atoms with Gasteiger partial charge in [-0.05, 0) is 53.9 Å². The Morgan fingerprint density at radius 3 is 2.79 bits per heavy atom. The first-order valence-electron chi connectivity index (χ1n) is 8.39. The van der Waals surface area contributed by atoms with Crippen LogP contribution in [0.15, 0.2) is 16.6 Å². The molecule has 1 aromatic rings. The number of amides is 1. The molecule has 1 saturated heterocycles. The molecule has 2 N–H and O–H groups in total. The molecule has 2 aliphatic rings. The molecule has 0 aliphatic carbocycles. The highest BCUT2D eigenvalue weighted by Gasteiger charge is 2.26. The first kappa shape index (κ1) is 17.5. The zero-order valence-corrected chi connectivity index (χ0v) is 15.2. The number of fused-ring (bicyclic) bond motifs is 1. The molecule has 0 aromatic heterocycles. The van der Waals surface area contributed by atoms with E-state index in [2.05, 4.69) is 15.9 Å². The van der Waals surface area contributed by atoms with Gasteiger partial charge in [-0.2, -0.15) is 0 Å². The van der Waals surface area contributed by atoms with E-state index < -0.39 is 0 Å². The minimum absolute atomic E-state index is 0.0214. The van der Waals surface area contributed by atoms with Crippen molar-refractivity contribution in [2.45, 2.75) is 25.4 Å². The molecule has 0 unspecified atom stereocenters. The Balaban J connectivity index is 1.60. The van der Waals surface area contributed by atoms with Crippen LogP contribution >= 0.6 is 15.9 Å². The molecular formula is C17H23BrN2O4. The van der Waals surface area contributed by atoms with Gasteiger partial charge in [0.15, 0.2) is 11.5 Å². The number of likely N-dealkylation sites (tertiary alicyclic amines) is 1. The second-order valence-electron chi connectivity index (χ2n) is 5.99. The van der Waals surface area contributed by atoms with Gasteiger partial charge in [-0.1, -0.05) is 0 Å². The molecule has 132 valence electrons. The summed E-state index contributed by atoms with van der Waals surface area (Å²) < 4.78 is 17.7. The summed E-state index contributed by atoms with van der Waals surface area (Å²) >= 11 is 3.46. The van der Waals surface area contributed by atoms with Crippen molar-refractivity contribution < 1.29 is 19.0 Å². The van der Waals surface area contributed by atoms with Crippen LogP contribution in [0.3, 0.4) is 0 Å². The molecule has 3 rings (SSSR count). The van der Waals surface area contributed by atoms with Crippen molar-refractivity contribution in [3.8, 4) is 11.5 Å². The molecule has 1 aromatic carbocycles. The first-order chi connectivity index (χ1) is 11.7. The summed E-state index contributed by atoms with van der Waals surface area (Å²) in [5.74, 6) is 1.32. The van der Waals surface area contributed by atoms with Crippen LogP contribution in [0.25, 0.3) is 0 Å². The van der Waals surface area contributed by atoms with Crippen LogP contribution in [-0.2, 0) is 4.74 Å². The summed E-state index contributed by atoms with van der Waals surface area (Å²) in [6, 6.07) is 3.57. The zero-order valence-electron chi connectivity index (χ0n) is 13.6. The second kappa shape index (κ2) is 8.18. The van der Waals surface area contributed by atoms with E-state index in [1.54, 1.807) is 12.1 Å². The summed E-state index contributed by atoms with van der Waals surface area (Å²) in [7, 11) is 0. The molecule has 6 nitrogen and oxygen atoms in total. The van der Waals surface area contributed by atoms with Gasteiger partial charge in [0.05, 0.1) is 10.6 Å². The fourth-order valence-electron chi connectivity index (χ4n) is 2.98. The third kappa shape index (κ3) is 4.02. The number of ether oxygens (including phenoxy) is 3. The lowest BCUT2D eigenvalue weighted by Gasteiger charge is -2.32. The van der Waals surface area contributed by atoms with Crippen molar-refractivity contribution in [3.05, 3.63) is 22.2 Å². The van der Waals surface area contributed by atoms with Crippen molar-refractivity contribution in [2.75, 3.05) is 39.5 Å². The van der Waals surface area contributed by atoms with Gasteiger partial charge in [-0.25, -0.2) is 0 Å². The largest absolute Gasteiger partial charge is 0.486 e. The lowest BCUT2D eigenvalue weighted by Crippen LogP contribution is -2.41. The van der Waals surface area contributed by atoms with Gasteiger partial charge in [-0.3, -0.25) is 4.79 Å². The lowest BCUT2D eigenvalue weighted by molar-refractivity contribution is 0.00842. The van der Waals surface area contributed by atoms with E-state index in [0.29, 0.717) is 56.5 Å². The van der Waals surface area contributed by atoms with E-state index in [1.165, 1.54) is 0 Å². The number of rotatable bonds is 5. The highest BCUT2D eigenvalue weighted by Crippen LogP contribution is 2.38. The molecule has 0 spiro atoms. The van der Waals surface area contributed by atoms with E-state index in [-0.39, 0.29) is 12.0 Å². The Kier molecular flexibility index (Phi) is 5.97. The summed E-state index contributed by atoms with van der Waals surface area (Å²) in [5, 5.41) is 0. The molecule has 1 amide bonds. The van der Waals surface area contributed by atoms with Crippen molar-refractivity contribution in [3.63, 3.8) is 0 Å². The van der Waals surface area contributed by atoms with Gasteiger partial charge in [0, 0.05) is 25.3 Å². The fraction of sp³-hybridized carbons (Fsp3) is 0.588. The Morgan fingerprint density at radius 2 is 2.04 bits per heavy atom. The molecule has 0 radical (unpaired) electrons. The van der Waals surface area contributed by atoms with Crippen molar-refractivity contribution in [2.24, 2.45) is 5.73 Å². The van der Waals surface area contributed by atoms with Crippen molar-refractivity contribution in [1.82, 2.24) is 4.90 Å². The molecule has 2 heterocycles. The zero-order chi connectivity index (χ0) is 16.9. The fourth-order valence-corrected chi connectivity index (χ4v) is 3.53. The average Bonchev–Trinajstić information content (AvgIpc) is 2.62. The Labute approximate surface area is 150 Å². The maximum absolute atomic E-state index is 12.8. The van der Waals surface area contributed by atoms with Crippen LogP contribution in [0.2, 0.25) is 0 Å². The van der Waals surface area contributed by atoms with Crippen LogP contribution in [0.4, 0.5) is 0 Å². The van der Waals surface area contributed by atoms with Crippen LogP contribution in [0.1, 0.15) is 29.6 Å². The molecule has 0 bridgehead atoms. The molecule has 0 atom stereocenters. The normalized spacial score (nSPS) is 17.8. The predicted molar refractivity (Wildman–Crippen MR) is 93.7 cm³/mol. The van der Waals surface area contributed by atoms with E-state index in [9.17, 15) is 4.79 Å². The number of benzene rings is 1. The van der Waals surface area contributed by atoms with Gasteiger partial charge in [0.1, 0.15) is 13.2 Å². The molecule has 2 aliphatic heterocycles. The Bertz CT molecular complexity index is 588. The van der Waals surface area contributed by atoms with E-state index in [1.807, 2.05) is 4.90 Å². The van der Waals surface area contributed by atoms with Crippen LogP contribution in [-0.4, -0.2) is 56.4 Å². The maximum Gasteiger partial charge on any atom is 0.254 e. The number of nitrogens with two attached hydrogens (primary N) is 1. The van der Waals surface area contributed by atoms with Gasteiger partial charge in [0.25, 0.3) is 5.91 Å². The molecule has 0 saturated carbocycles. The molecular weight excluding hydrogens is 376 g/mol. The topological polar surface area (TPSA) is 74.0 Å². The maximum atomic E-state index is 12.8. The number of halogens is 1. The third-order valence-electron chi connectivity index (χ3n) is 4.27. The number of carbonyl (C=O) groups is 1. The second-order valence-corrected chi connectivity index (χ2v) is 6.84. The number of carbonyl (C=O) groups excluding carboxylic acids is 1. The minimum atomic E-state index is 0.0214. The molecule has 7 heteroatoms. The quantitative estimate of drug-likeness (QED) is 0.769. The van der Waals surface area contributed by atoms with Crippen LogP contribution in [0, 0.1) is 0 Å². The SMILES string of the molecule is NCCCOC1CCN(C(=O)c2cc(Br)c3c(c2)OCCO3)CC1. The third-order valence-corrected chi connectivity index (χ3v) is 4.86. The summed E-state index contributed by atoms with van der Waals surface area (Å²) in [5.41, 5.74) is 6.09. The summed E-state index contributed by atoms with van der Waals surface area (Å²) in [6.45, 7) is 3.79. The van der Waals surface area contributed by atoms with E-state index in [4.69, 9.17) is 19.9 Å². The average molecular weight is 399 g/mol. The minimum Gasteiger partial charge on any atom is -0.486 e. The highest BCUT2D eigenvalue weighted by atomic mass is 79.9. The van der Waals surface area contributed by atoms with Gasteiger partial charge in [0.2, 0.25) is 0 Å². The Morgan fingerprint density at radius 1 is 1.29 bits per heavy atom. The van der Waals surface area contributed by atoms with Crippen molar-refractivity contribution in [1.29, 1.82) is 0 Å². The number of piperidine rings is 1. The summed E-state index contributed by atoms with van der Waals surface area (Å²) in [4.78, 5) is 14.6. The molecule has 1 fully saturated rings. The van der Waals surface area contributed by atoms with Gasteiger partial charge in [-0.15, -0.1) is 0 Å². The van der Waals surface area contributed by atoms with Gasteiger partial charge >= 0.3 is 0 Å². The number of nitrogens with zero attached hydrogens (tertiary/aromatic N) is 1.